The Balaban J connectivity index is 1.98. The molecular formula is C17H16BrCl2N5O2. The molecule has 0 bridgehead atoms. The lowest BCUT2D eigenvalue weighted by Gasteiger charge is -2.16. The summed E-state index contributed by atoms with van der Waals surface area (Å²) in [7, 11) is 0. The van der Waals surface area contributed by atoms with E-state index in [4.69, 9.17) is 33.8 Å². The van der Waals surface area contributed by atoms with Gasteiger partial charge in [0.05, 0.1) is 28.6 Å². The van der Waals surface area contributed by atoms with Crippen LogP contribution >= 0.6 is 39.1 Å². The molecular weight excluding hydrogens is 457 g/mol. The molecule has 0 aliphatic heterocycles. The Morgan fingerprint density at radius 2 is 2.19 bits per heavy atom. The van der Waals surface area contributed by atoms with Crippen LogP contribution < -0.4 is 16.5 Å². The lowest BCUT2D eigenvalue weighted by molar-refractivity contribution is 0.0309. The van der Waals surface area contributed by atoms with E-state index in [-0.39, 0.29) is 10.6 Å². The van der Waals surface area contributed by atoms with E-state index in [0.717, 1.165) is 4.47 Å². The second-order valence-electron chi connectivity index (χ2n) is 5.56. The van der Waals surface area contributed by atoms with Gasteiger partial charge in [0, 0.05) is 23.1 Å². The molecule has 0 saturated heterocycles. The molecule has 142 valence electrons. The molecule has 4 N–H and O–H groups in total. The standard InChI is InChI=1S/C17H16BrCl2N5O2/c18-10-2-3-13(12(19)8-10)23-15-11(17(26)24-27-7-1-4-21)9-25-6-5-22-16(25)14(15)20/h2-3,5-6,8-9,23H,1,4,7,21H2,(H,24,26). The van der Waals surface area contributed by atoms with E-state index in [1.54, 1.807) is 35.1 Å². The normalized spacial score (nSPS) is 11.0. The zero-order chi connectivity index (χ0) is 19.4. The number of carbonyl (C=O) groups excluding carboxylic acids is 1. The molecule has 1 aromatic carbocycles. The number of halogens is 3. The van der Waals surface area contributed by atoms with Crippen LogP contribution in [0.15, 0.2) is 41.3 Å². The first-order valence-corrected chi connectivity index (χ1v) is 9.55. The lowest BCUT2D eigenvalue weighted by atomic mass is 10.2. The smallest absolute Gasteiger partial charge is 0.278 e. The summed E-state index contributed by atoms with van der Waals surface area (Å²) in [6.07, 6.45) is 5.53. The van der Waals surface area contributed by atoms with Gasteiger partial charge in [0.15, 0.2) is 5.65 Å². The molecule has 0 unspecified atom stereocenters. The molecule has 0 aliphatic carbocycles. The zero-order valence-corrected chi connectivity index (χ0v) is 17.1. The van der Waals surface area contributed by atoms with Crippen molar-refractivity contribution in [3.8, 4) is 0 Å². The van der Waals surface area contributed by atoms with Gasteiger partial charge in [0.2, 0.25) is 0 Å². The molecule has 27 heavy (non-hydrogen) atoms. The Kier molecular flexibility index (Phi) is 6.56. The number of benzene rings is 1. The molecule has 10 heteroatoms. The number of nitrogens with two attached hydrogens (primary N) is 1. The third-order valence-electron chi connectivity index (χ3n) is 3.67. The van der Waals surface area contributed by atoms with Crippen molar-refractivity contribution in [1.29, 1.82) is 0 Å². The maximum Gasteiger partial charge on any atom is 0.278 e. The number of anilines is 2. The first-order chi connectivity index (χ1) is 13.0. The topological polar surface area (TPSA) is 93.7 Å². The summed E-state index contributed by atoms with van der Waals surface area (Å²) in [5.74, 6) is -0.458. The molecule has 0 aliphatic rings. The quantitative estimate of drug-likeness (QED) is 0.354. The number of imidazole rings is 1. The van der Waals surface area contributed by atoms with Crippen molar-refractivity contribution in [2.24, 2.45) is 5.73 Å². The number of hydrogen-bond acceptors (Lipinski definition) is 5. The average Bonchev–Trinajstić information content (AvgIpc) is 3.11. The summed E-state index contributed by atoms with van der Waals surface area (Å²) < 4.78 is 2.49. The molecule has 2 heterocycles. The zero-order valence-electron chi connectivity index (χ0n) is 14.0. The summed E-state index contributed by atoms with van der Waals surface area (Å²) in [6.45, 7) is 0.780. The Morgan fingerprint density at radius 1 is 1.37 bits per heavy atom. The van der Waals surface area contributed by atoms with Gasteiger partial charge in [-0.2, -0.15) is 0 Å². The number of carbonyl (C=O) groups is 1. The van der Waals surface area contributed by atoms with Gasteiger partial charge in [-0.15, -0.1) is 0 Å². The first kappa shape index (κ1) is 19.9. The van der Waals surface area contributed by atoms with Crippen LogP contribution in [0.3, 0.4) is 0 Å². The maximum atomic E-state index is 12.6. The predicted molar refractivity (Wildman–Crippen MR) is 110 cm³/mol. The van der Waals surface area contributed by atoms with Gasteiger partial charge in [0.1, 0.15) is 5.02 Å². The van der Waals surface area contributed by atoms with Gasteiger partial charge >= 0.3 is 0 Å². The summed E-state index contributed by atoms with van der Waals surface area (Å²) in [5, 5.41) is 3.88. The van der Waals surface area contributed by atoms with Crippen molar-refractivity contribution in [3.05, 3.63) is 56.9 Å². The molecule has 0 saturated carbocycles. The molecule has 0 radical (unpaired) electrons. The van der Waals surface area contributed by atoms with Gasteiger partial charge in [-0.3, -0.25) is 9.63 Å². The Bertz CT molecular complexity index is 979. The van der Waals surface area contributed by atoms with Crippen molar-refractivity contribution >= 4 is 62.1 Å². The van der Waals surface area contributed by atoms with Crippen LogP contribution in [0, 0.1) is 0 Å². The lowest BCUT2D eigenvalue weighted by Crippen LogP contribution is -2.26. The van der Waals surface area contributed by atoms with E-state index in [1.165, 1.54) is 0 Å². The minimum absolute atomic E-state index is 0.275. The van der Waals surface area contributed by atoms with Crippen molar-refractivity contribution in [2.75, 3.05) is 18.5 Å². The molecule has 0 fully saturated rings. The number of hydroxylamine groups is 1. The summed E-state index contributed by atoms with van der Waals surface area (Å²) in [4.78, 5) is 22.0. The van der Waals surface area contributed by atoms with Crippen LogP contribution in [0.1, 0.15) is 16.8 Å². The molecule has 7 nitrogen and oxygen atoms in total. The van der Waals surface area contributed by atoms with Gasteiger partial charge in [-0.25, -0.2) is 10.5 Å². The van der Waals surface area contributed by atoms with Crippen LogP contribution in [-0.4, -0.2) is 28.4 Å². The molecule has 3 rings (SSSR count). The summed E-state index contributed by atoms with van der Waals surface area (Å²) in [5.41, 5.74) is 9.57. The predicted octanol–water partition coefficient (Wildman–Crippen LogP) is 4.16. The molecule has 0 atom stereocenters. The first-order valence-electron chi connectivity index (χ1n) is 8.00. The number of rotatable bonds is 7. The van der Waals surface area contributed by atoms with Gasteiger partial charge < -0.3 is 15.5 Å². The summed E-state index contributed by atoms with van der Waals surface area (Å²) in [6, 6.07) is 5.34. The molecule has 1 amide bonds. The number of nitrogens with zero attached hydrogens (tertiary/aromatic N) is 2. The second kappa shape index (κ2) is 8.90. The van der Waals surface area contributed by atoms with E-state index in [2.05, 4.69) is 31.7 Å². The van der Waals surface area contributed by atoms with Crippen molar-refractivity contribution in [1.82, 2.24) is 14.9 Å². The second-order valence-corrected chi connectivity index (χ2v) is 7.26. The van der Waals surface area contributed by atoms with Crippen LogP contribution in [0.4, 0.5) is 11.4 Å². The summed E-state index contributed by atoms with van der Waals surface area (Å²) >= 11 is 16.2. The highest BCUT2D eigenvalue weighted by Gasteiger charge is 2.20. The minimum atomic E-state index is -0.458. The number of aromatic nitrogens is 2. The highest BCUT2D eigenvalue weighted by Crippen LogP contribution is 2.35. The van der Waals surface area contributed by atoms with Crippen LogP contribution in [-0.2, 0) is 4.84 Å². The van der Waals surface area contributed by atoms with Gasteiger partial charge in [-0.05, 0) is 31.2 Å². The van der Waals surface area contributed by atoms with Gasteiger partial charge in [-0.1, -0.05) is 39.1 Å². The van der Waals surface area contributed by atoms with Gasteiger partial charge in [0.25, 0.3) is 5.91 Å². The fourth-order valence-corrected chi connectivity index (χ4v) is 3.38. The number of fused-ring (bicyclic) bond motifs is 1. The van der Waals surface area contributed by atoms with Crippen molar-refractivity contribution in [2.45, 2.75) is 6.42 Å². The number of hydrogen-bond donors (Lipinski definition) is 3. The SMILES string of the molecule is NCCCONC(=O)c1cn2ccnc2c(Cl)c1Nc1ccc(Br)cc1Cl. The maximum absolute atomic E-state index is 12.6. The van der Waals surface area contributed by atoms with E-state index in [9.17, 15) is 4.79 Å². The van der Waals surface area contributed by atoms with Crippen molar-refractivity contribution < 1.29 is 9.63 Å². The minimum Gasteiger partial charge on any atom is -0.352 e. The Morgan fingerprint density at radius 3 is 2.93 bits per heavy atom. The average molecular weight is 473 g/mol. The van der Waals surface area contributed by atoms with E-state index < -0.39 is 5.91 Å². The molecule has 2 aromatic heterocycles. The number of amides is 1. The largest absolute Gasteiger partial charge is 0.352 e. The Labute approximate surface area is 173 Å². The highest BCUT2D eigenvalue weighted by atomic mass is 79.9. The molecule has 0 spiro atoms. The highest BCUT2D eigenvalue weighted by molar-refractivity contribution is 9.10. The van der Waals surface area contributed by atoms with E-state index in [1.807, 2.05) is 6.07 Å². The third-order valence-corrected chi connectivity index (χ3v) is 4.84. The van der Waals surface area contributed by atoms with E-state index >= 15 is 0 Å². The molecule has 3 aromatic rings. The van der Waals surface area contributed by atoms with Crippen LogP contribution in [0.25, 0.3) is 5.65 Å². The fourth-order valence-electron chi connectivity index (χ4n) is 2.37. The fraction of sp³-hybridized carbons (Fsp3) is 0.176. The van der Waals surface area contributed by atoms with Crippen LogP contribution in [0.5, 0.6) is 0 Å². The number of nitrogens with one attached hydrogen (secondary N) is 2. The van der Waals surface area contributed by atoms with E-state index in [0.29, 0.717) is 41.6 Å². The monoisotopic (exact) mass is 471 g/mol. The van der Waals surface area contributed by atoms with Crippen molar-refractivity contribution in [3.63, 3.8) is 0 Å². The Hall–Kier alpha value is -1.84. The van der Waals surface area contributed by atoms with Crippen LogP contribution in [0.2, 0.25) is 10.0 Å². The third kappa shape index (κ3) is 4.53. The number of pyridine rings is 1.